The van der Waals surface area contributed by atoms with Gasteiger partial charge >= 0.3 is 0 Å². The standard InChI is InChI=1S/C19H18N2O4/c1-25-15-6-9(2-5-14(15)22)8-20-21-18(23)16-10-3-4-11(13-7-12(10)13)17(16)19(21)24/h2-6,8,10-13,16-17,22H,7H2,1H3/b20-8-/t10-,11-,12-,13-,16-,17+/m1/s1. The van der Waals surface area contributed by atoms with Gasteiger partial charge in [0, 0.05) is 0 Å². The number of aromatic hydroxyl groups is 1. The highest BCUT2D eigenvalue weighted by atomic mass is 16.5. The van der Waals surface area contributed by atoms with Crippen LogP contribution in [0, 0.1) is 35.5 Å². The van der Waals surface area contributed by atoms with Gasteiger partial charge in [0.25, 0.3) is 11.8 Å². The van der Waals surface area contributed by atoms with Crippen molar-refractivity contribution < 1.29 is 19.4 Å². The smallest absolute Gasteiger partial charge is 0.254 e. The lowest BCUT2D eigenvalue weighted by molar-refractivity contribution is -0.140. The van der Waals surface area contributed by atoms with Gasteiger partial charge in [-0.2, -0.15) is 10.1 Å². The van der Waals surface area contributed by atoms with Crippen molar-refractivity contribution >= 4 is 18.0 Å². The minimum Gasteiger partial charge on any atom is -0.504 e. The lowest BCUT2D eigenvalue weighted by Crippen LogP contribution is -2.40. The fourth-order valence-electron chi connectivity index (χ4n) is 4.95. The average Bonchev–Trinajstić information content (AvgIpc) is 3.40. The molecule has 4 aliphatic carbocycles. The quantitative estimate of drug-likeness (QED) is 0.518. The molecule has 6 nitrogen and oxygen atoms in total. The van der Waals surface area contributed by atoms with E-state index in [0.29, 0.717) is 23.1 Å². The maximum Gasteiger partial charge on any atom is 0.254 e. The molecule has 1 aromatic carbocycles. The lowest BCUT2D eigenvalue weighted by Gasteiger charge is -2.37. The Kier molecular flexibility index (Phi) is 2.90. The van der Waals surface area contributed by atoms with Crippen molar-refractivity contribution in [3.8, 4) is 11.5 Å². The highest BCUT2D eigenvalue weighted by molar-refractivity contribution is 6.06. The number of hydrogen-bond acceptors (Lipinski definition) is 5. The van der Waals surface area contributed by atoms with Gasteiger partial charge < -0.3 is 9.84 Å². The maximum atomic E-state index is 12.8. The SMILES string of the molecule is COc1cc(/C=N\N2C(=O)[C@@H]3[C@@H]4C=C[C@H]([C@H]5C[C@H]45)[C@@H]3C2=O)ccc1O. The van der Waals surface area contributed by atoms with Crippen molar-refractivity contribution in [2.24, 2.45) is 40.6 Å². The largest absolute Gasteiger partial charge is 0.504 e. The molecule has 6 atom stereocenters. The summed E-state index contributed by atoms with van der Waals surface area (Å²) in [5, 5.41) is 14.9. The van der Waals surface area contributed by atoms with Crippen molar-refractivity contribution in [3.05, 3.63) is 35.9 Å². The molecule has 2 bridgehead atoms. The number of benzene rings is 1. The Morgan fingerprint density at radius 2 is 1.80 bits per heavy atom. The first-order valence-electron chi connectivity index (χ1n) is 8.57. The van der Waals surface area contributed by atoms with E-state index in [-0.39, 0.29) is 41.2 Å². The van der Waals surface area contributed by atoms with Crippen LogP contribution in [0.15, 0.2) is 35.5 Å². The molecule has 6 rings (SSSR count). The van der Waals surface area contributed by atoms with Gasteiger partial charge in [-0.25, -0.2) is 0 Å². The van der Waals surface area contributed by atoms with Gasteiger partial charge in [0.1, 0.15) is 0 Å². The van der Waals surface area contributed by atoms with Crippen LogP contribution in [-0.4, -0.2) is 35.3 Å². The van der Waals surface area contributed by atoms with Gasteiger partial charge in [-0.3, -0.25) is 9.59 Å². The van der Waals surface area contributed by atoms with Crippen LogP contribution >= 0.6 is 0 Å². The second-order valence-electron chi connectivity index (χ2n) is 7.32. The third kappa shape index (κ3) is 1.94. The highest BCUT2D eigenvalue weighted by Crippen LogP contribution is 2.65. The number of ether oxygens (including phenoxy) is 1. The number of nitrogens with zero attached hydrogens (tertiary/aromatic N) is 2. The highest BCUT2D eigenvalue weighted by Gasteiger charge is 2.67. The number of hydrazone groups is 1. The molecule has 2 saturated carbocycles. The summed E-state index contributed by atoms with van der Waals surface area (Å²) in [5.74, 6) is 1.08. The van der Waals surface area contributed by atoms with Crippen LogP contribution in [0.25, 0.3) is 0 Å². The number of phenolic OH excluding ortho intramolecular Hbond substituents is 1. The van der Waals surface area contributed by atoms with Gasteiger partial charge in [0.2, 0.25) is 0 Å². The Morgan fingerprint density at radius 1 is 1.16 bits per heavy atom. The number of hydrogen-bond donors (Lipinski definition) is 1. The first-order valence-corrected chi connectivity index (χ1v) is 8.57. The fourth-order valence-corrected chi connectivity index (χ4v) is 4.95. The van der Waals surface area contributed by atoms with Crippen LogP contribution in [-0.2, 0) is 9.59 Å². The van der Waals surface area contributed by atoms with Crippen LogP contribution in [0.4, 0.5) is 0 Å². The number of carbonyl (C=O) groups is 2. The molecule has 1 saturated heterocycles. The van der Waals surface area contributed by atoms with E-state index in [9.17, 15) is 14.7 Å². The van der Waals surface area contributed by atoms with E-state index >= 15 is 0 Å². The van der Waals surface area contributed by atoms with Crippen LogP contribution in [0.3, 0.4) is 0 Å². The van der Waals surface area contributed by atoms with Gasteiger partial charge in [-0.1, -0.05) is 12.2 Å². The minimum atomic E-state index is -0.238. The molecule has 3 fully saturated rings. The third-order valence-corrected chi connectivity index (χ3v) is 6.17. The molecule has 25 heavy (non-hydrogen) atoms. The number of phenols is 1. The van der Waals surface area contributed by atoms with Crippen LogP contribution < -0.4 is 4.74 Å². The average molecular weight is 338 g/mol. The second kappa shape index (κ2) is 4.94. The van der Waals surface area contributed by atoms with E-state index in [1.807, 2.05) is 0 Å². The zero-order valence-electron chi connectivity index (χ0n) is 13.7. The first-order chi connectivity index (χ1) is 12.1. The van der Waals surface area contributed by atoms with E-state index in [1.54, 1.807) is 12.1 Å². The lowest BCUT2D eigenvalue weighted by atomic mass is 9.63. The predicted molar refractivity (Wildman–Crippen MR) is 88.8 cm³/mol. The molecule has 6 heteroatoms. The molecule has 1 heterocycles. The van der Waals surface area contributed by atoms with Gasteiger partial charge in [-0.05, 0) is 53.9 Å². The second-order valence-corrected chi connectivity index (χ2v) is 7.32. The first kappa shape index (κ1) is 14.7. The fraction of sp³-hybridized carbons (Fsp3) is 0.421. The molecule has 0 aromatic heterocycles. The van der Waals surface area contributed by atoms with Crippen LogP contribution in [0.1, 0.15) is 12.0 Å². The molecule has 128 valence electrons. The molecule has 0 radical (unpaired) electrons. The molecular weight excluding hydrogens is 320 g/mol. The summed E-state index contributed by atoms with van der Waals surface area (Å²) >= 11 is 0. The molecule has 1 aromatic rings. The third-order valence-electron chi connectivity index (χ3n) is 6.17. The maximum absolute atomic E-state index is 12.8. The molecule has 1 N–H and O–H groups in total. The van der Waals surface area contributed by atoms with E-state index in [2.05, 4.69) is 17.3 Å². The Hall–Kier alpha value is -2.63. The summed E-state index contributed by atoms with van der Waals surface area (Å²) in [4.78, 5) is 25.6. The number of amides is 2. The summed E-state index contributed by atoms with van der Waals surface area (Å²) in [6.07, 6.45) is 6.89. The Bertz CT molecular complexity index is 810. The molecule has 2 amide bonds. The monoisotopic (exact) mass is 338 g/mol. The van der Waals surface area contributed by atoms with Crippen molar-refractivity contribution in [2.45, 2.75) is 6.42 Å². The van der Waals surface area contributed by atoms with Gasteiger partial charge in [0.15, 0.2) is 11.5 Å². The molecule has 0 unspecified atom stereocenters. The summed E-state index contributed by atoms with van der Waals surface area (Å²) in [6.45, 7) is 0. The number of rotatable bonds is 3. The van der Waals surface area contributed by atoms with E-state index in [1.165, 1.54) is 19.4 Å². The van der Waals surface area contributed by atoms with Crippen molar-refractivity contribution in [3.63, 3.8) is 0 Å². The molecule has 1 aliphatic heterocycles. The Morgan fingerprint density at radius 3 is 2.40 bits per heavy atom. The number of allylic oxidation sites excluding steroid dienone is 2. The number of imide groups is 1. The summed E-state index contributed by atoms with van der Waals surface area (Å²) in [6, 6.07) is 4.75. The zero-order valence-corrected chi connectivity index (χ0v) is 13.7. The normalized spacial score (nSPS) is 37.6. The van der Waals surface area contributed by atoms with Crippen molar-refractivity contribution in [1.29, 1.82) is 0 Å². The minimum absolute atomic E-state index is 0.0286. The summed E-state index contributed by atoms with van der Waals surface area (Å²) in [5.41, 5.74) is 0.647. The Labute approximate surface area is 144 Å². The van der Waals surface area contributed by atoms with Crippen molar-refractivity contribution in [2.75, 3.05) is 7.11 Å². The molecule has 0 spiro atoms. The van der Waals surface area contributed by atoms with E-state index < -0.39 is 0 Å². The summed E-state index contributed by atoms with van der Waals surface area (Å²) < 4.78 is 5.06. The Balaban J connectivity index is 1.42. The van der Waals surface area contributed by atoms with Crippen LogP contribution in [0.2, 0.25) is 0 Å². The number of methoxy groups -OCH3 is 1. The van der Waals surface area contributed by atoms with Gasteiger partial charge in [-0.15, -0.1) is 0 Å². The zero-order chi connectivity index (χ0) is 17.3. The van der Waals surface area contributed by atoms with E-state index in [4.69, 9.17) is 4.74 Å². The number of carbonyl (C=O) groups excluding carboxylic acids is 2. The molecule has 5 aliphatic rings. The topological polar surface area (TPSA) is 79.2 Å². The van der Waals surface area contributed by atoms with E-state index in [0.717, 1.165) is 11.4 Å². The van der Waals surface area contributed by atoms with Crippen molar-refractivity contribution in [1.82, 2.24) is 5.01 Å². The predicted octanol–water partition coefficient (Wildman–Crippen LogP) is 1.79. The van der Waals surface area contributed by atoms with Gasteiger partial charge in [0.05, 0.1) is 25.2 Å². The molecular formula is C19H18N2O4. The van der Waals surface area contributed by atoms with Crippen LogP contribution in [0.5, 0.6) is 11.5 Å². The summed E-state index contributed by atoms with van der Waals surface area (Å²) in [7, 11) is 1.46.